The first-order chi connectivity index (χ1) is 16.8. The lowest BCUT2D eigenvalue weighted by Gasteiger charge is -2.39. The van der Waals surface area contributed by atoms with Crippen LogP contribution >= 0.6 is 0 Å². The van der Waals surface area contributed by atoms with E-state index in [4.69, 9.17) is 5.10 Å². The number of pyridine rings is 1. The maximum Gasteiger partial charge on any atom is 0.172 e. The van der Waals surface area contributed by atoms with E-state index in [-0.39, 0.29) is 12.1 Å². The van der Waals surface area contributed by atoms with Crippen LogP contribution in [0.5, 0.6) is 0 Å². The number of nitrogens with one attached hydrogen (secondary N) is 1. The summed E-state index contributed by atoms with van der Waals surface area (Å²) in [5.41, 5.74) is 6.53. The number of rotatable bonds is 6. The highest BCUT2D eigenvalue weighted by molar-refractivity contribution is 5.89. The van der Waals surface area contributed by atoms with E-state index in [1.807, 2.05) is 6.20 Å². The molecule has 3 aromatic heterocycles. The third kappa shape index (κ3) is 3.19. The fraction of sp³-hybridized carbons (Fsp3) is 0.259. The van der Waals surface area contributed by atoms with Crippen molar-refractivity contribution in [2.75, 3.05) is 0 Å². The molecule has 1 N–H and O–H groups in total. The third-order valence-corrected chi connectivity index (χ3v) is 6.80. The zero-order valence-electron chi connectivity index (χ0n) is 19.4. The molecule has 2 bridgehead atoms. The molecular weight excluding hydrogens is 422 g/mol. The lowest BCUT2D eigenvalue weighted by Crippen LogP contribution is -2.32. The lowest BCUT2D eigenvalue weighted by atomic mass is 9.94. The van der Waals surface area contributed by atoms with Crippen LogP contribution in [0.1, 0.15) is 56.6 Å². The maximum absolute atomic E-state index is 4.70. The van der Waals surface area contributed by atoms with Crippen LogP contribution < -0.4 is 0 Å². The van der Waals surface area contributed by atoms with Crippen molar-refractivity contribution in [2.45, 2.75) is 45.2 Å². The van der Waals surface area contributed by atoms with Gasteiger partial charge in [0.1, 0.15) is 5.52 Å². The summed E-state index contributed by atoms with van der Waals surface area (Å²) in [5.74, 6) is 1.76. The van der Waals surface area contributed by atoms with Crippen molar-refractivity contribution in [3.63, 3.8) is 0 Å². The smallest absolute Gasteiger partial charge is 0.172 e. The average Bonchev–Trinajstić information content (AvgIpc) is 3.59. The number of benzene rings is 1. The molecule has 0 radical (unpaired) electrons. The Morgan fingerprint density at radius 2 is 2.09 bits per heavy atom. The SMILES string of the molecule is C/C=C(\C=C/CC)C(c1ccccc1)N1C2=Cn3c(-c4cncc5[nH]cnc45)nnc3C1CC2. The summed E-state index contributed by atoms with van der Waals surface area (Å²) in [6.45, 7) is 4.30. The first-order valence-electron chi connectivity index (χ1n) is 11.9. The molecule has 34 heavy (non-hydrogen) atoms. The minimum atomic E-state index is 0.123. The number of hydrogen-bond acceptors (Lipinski definition) is 5. The van der Waals surface area contributed by atoms with Crippen LogP contribution in [0, 0.1) is 0 Å². The van der Waals surface area contributed by atoms with E-state index in [2.05, 4.69) is 98.1 Å². The van der Waals surface area contributed by atoms with Crippen molar-refractivity contribution in [3.8, 4) is 11.4 Å². The Bertz CT molecular complexity index is 1420. The minimum Gasteiger partial charge on any atom is -0.352 e. The normalized spacial score (nSPS) is 18.5. The van der Waals surface area contributed by atoms with E-state index in [1.165, 1.54) is 16.8 Å². The number of fused-ring (bicyclic) bond motifs is 5. The van der Waals surface area contributed by atoms with Gasteiger partial charge in [0.25, 0.3) is 0 Å². The fourth-order valence-electron chi connectivity index (χ4n) is 5.25. The molecule has 2 atom stereocenters. The summed E-state index contributed by atoms with van der Waals surface area (Å²) >= 11 is 0. The first kappa shape index (κ1) is 20.6. The molecule has 2 aliphatic rings. The zero-order valence-corrected chi connectivity index (χ0v) is 19.4. The maximum atomic E-state index is 4.70. The van der Waals surface area contributed by atoms with E-state index < -0.39 is 0 Å². The zero-order chi connectivity index (χ0) is 23.1. The monoisotopic (exact) mass is 449 g/mol. The molecule has 0 saturated carbocycles. The van der Waals surface area contributed by atoms with Gasteiger partial charge in [-0.25, -0.2) is 4.98 Å². The summed E-state index contributed by atoms with van der Waals surface area (Å²) in [5, 5.41) is 9.32. The summed E-state index contributed by atoms with van der Waals surface area (Å²) in [6.07, 6.45) is 17.3. The van der Waals surface area contributed by atoms with Gasteiger partial charge in [-0.1, -0.05) is 55.5 Å². The van der Waals surface area contributed by atoms with E-state index in [0.717, 1.165) is 47.5 Å². The standard InChI is InChI=1S/C27H27N7/c1-3-5-9-18(4-2)25(19-10-7-6-8-11-19)34-20-12-13-23(34)27-32-31-26(33(27)16-20)21-14-28-15-22-24(21)30-17-29-22/h4-11,14-17,23,25H,3,12-13H2,1-2H3,(H,29,30)/b9-5-,18-4+. The van der Waals surface area contributed by atoms with Crippen molar-refractivity contribution in [3.05, 3.63) is 89.9 Å². The van der Waals surface area contributed by atoms with Crippen molar-refractivity contribution >= 4 is 17.2 Å². The molecule has 4 aromatic rings. The number of nitrogens with zero attached hydrogens (tertiary/aromatic N) is 6. The second-order valence-corrected chi connectivity index (χ2v) is 8.73. The van der Waals surface area contributed by atoms with Gasteiger partial charge in [0.15, 0.2) is 11.6 Å². The summed E-state index contributed by atoms with van der Waals surface area (Å²) in [4.78, 5) is 14.6. The predicted molar refractivity (Wildman–Crippen MR) is 133 cm³/mol. The Morgan fingerprint density at radius 3 is 2.91 bits per heavy atom. The predicted octanol–water partition coefficient (Wildman–Crippen LogP) is 5.82. The van der Waals surface area contributed by atoms with Crippen LogP contribution in [-0.4, -0.2) is 34.6 Å². The Morgan fingerprint density at radius 1 is 1.21 bits per heavy atom. The summed E-state index contributed by atoms with van der Waals surface area (Å²) in [6, 6.07) is 11.1. The van der Waals surface area contributed by atoms with E-state index >= 15 is 0 Å². The van der Waals surface area contributed by atoms with Crippen LogP contribution in [-0.2, 0) is 0 Å². The molecule has 2 unspecified atom stereocenters. The van der Waals surface area contributed by atoms with Crippen LogP contribution in [0.25, 0.3) is 28.6 Å². The number of aromatic nitrogens is 6. The number of H-pyrrole nitrogens is 1. The number of imidazole rings is 1. The Balaban J connectivity index is 1.47. The van der Waals surface area contributed by atoms with Gasteiger partial charge in [0.2, 0.25) is 0 Å². The van der Waals surface area contributed by atoms with Crippen LogP contribution in [0.2, 0.25) is 0 Å². The molecular formula is C27H27N7. The van der Waals surface area contributed by atoms with Crippen LogP contribution in [0.3, 0.4) is 0 Å². The minimum absolute atomic E-state index is 0.123. The van der Waals surface area contributed by atoms with Gasteiger partial charge in [-0.05, 0) is 37.3 Å². The highest BCUT2D eigenvalue weighted by Crippen LogP contribution is 2.50. The number of hydrogen-bond donors (Lipinski definition) is 1. The highest BCUT2D eigenvalue weighted by Gasteiger charge is 2.42. The van der Waals surface area contributed by atoms with Gasteiger partial charge in [-0.3, -0.25) is 9.55 Å². The quantitative estimate of drug-likeness (QED) is 0.376. The molecule has 7 heteroatoms. The Labute approximate surface area is 198 Å². The number of allylic oxidation sites excluding steroid dienone is 3. The molecule has 2 aliphatic heterocycles. The lowest BCUT2D eigenvalue weighted by molar-refractivity contribution is 0.231. The van der Waals surface area contributed by atoms with Gasteiger partial charge in [-0.2, -0.15) is 0 Å². The van der Waals surface area contributed by atoms with Gasteiger partial charge in [0.05, 0.1) is 35.7 Å². The van der Waals surface area contributed by atoms with E-state index in [9.17, 15) is 0 Å². The molecule has 0 spiro atoms. The molecule has 1 aromatic carbocycles. The number of aromatic amines is 1. The highest BCUT2D eigenvalue weighted by atomic mass is 15.4. The molecule has 7 nitrogen and oxygen atoms in total. The topological polar surface area (TPSA) is 75.5 Å². The second-order valence-electron chi connectivity index (χ2n) is 8.73. The van der Waals surface area contributed by atoms with Gasteiger partial charge in [0, 0.05) is 18.1 Å². The Hall–Kier alpha value is -4.00. The molecule has 1 fully saturated rings. The van der Waals surface area contributed by atoms with Crippen molar-refractivity contribution in [2.24, 2.45) is 0 Å². The molecule has 0 aliphatic carbocycles. The van der Waals surface area contributed by atoms with Gasteiger partial charge >= 0.3 is 0 Å². The molecule has 6 rings (SSSR count). The fourth-order valence-corrected chi connectivity index (χ4v) is 5.25. The van der Waals surface area contributed by atoms with Crippen molar-refractivity contribution < 1.29 is 0 Å². The van der Waals surface area contributed by atoms with Crippen molar-refractivity contribution in [1.82, 2.24) is 34.6 Å². The van der Waals surface area contributed by atoms with Gasteiger partial charge < -0.3 is 9.88 Å². The van der Waals surface area contributed by atoms with E-state index in [1.54, 1.807) is 12.5 Å². The summed E-state index contributed by atoms with van der Waals surface area (Å²) < 4.78 is 2.15. The average molecular weight is 450 g/mol. The van der Waals surface area contributed by atoms with Crippen molar-refractivity contribution in [1.29, 1.82) is 0 Å². The van der Waals surface area contributed by atoms with Gasteiger partial charge in [-0.15, -0.1) is 10.2 Å². The molecule has 0 amide bonds. The van der Waals surface area contributed by atoms with Crippen LogP contribution in [0.15, 0.2) is 78.6 Å². The molecule has 170 valence electrons. The molecule has 5 heterocycles. The van der Waals surface area contributed by atoms with Crippen LogP contribution in [0.4, 0.5) is 0 Å². The largest absolute Gasteiger partial charge is 0.352 e. The second kappa shape index (κ2) is 8.41. The first-order valence-corrected chi connectivity index (χ1v) is 11.9. The summed E-state index contributed by atoms with van der Waals surface area (Å²) in [7, 11) is 0. The van der Waals surface area contributed by atoms with E-state index in [0.29, 0.717) is 0 Å². The molecule has 1 saturated heterocycles. The Kier molecular flexibility index (Phi) is 5.09. The third-order valence-electron chi connectivity index (χ3n) is 6.80.